The second kappa shape index (κ2) is 8.80. The summed E-state index contributed by atoms with van der Waals surface area (Å²) in [5, 5.41) is 0. The van der Waals surface area contributed by atoms with Gasteiger partial charge in [-0.25, -0.2) is 0 Å². The first-order valence-electron chi connectivity index (χ1n) is 7.21. The monoisotopic (exact) mass is 303 g/mol. The highest BCUT2D eigenvalue weighted by Crippen LogP contribution is 2.32. The lowest BCUT2D eigenvalue weighted by atomic mass is 9.89. The number of ether oxygens (including phenoxy) is 1. The molecule has 0 heterocycles. The zero-order chi connectivity index (χ0) is 16.5. The van der Waals surface area contributed by atoms with Crippen molar-refractivity contribution in [3.63, 3.8) is 0 Å². The molecule has 1 aromatic rings. The summed E-state index contributed by atoms with van der Waals surface area (Å²) >= 11 is 0. The highest BCUT2D eigenvalue weighted by atomic mass is 16.5. The maximum Gasteiger partial charge on any atom is 0.373 e. The number of rotatable bonds is 3. The maximum absolute atomic E-state index is 11.6. The van der Waals surface area contributed by atoms with E-state index >= 15 is 0 Å². The topological polar surface area (TPSA) is 86.5 Å². The minimum atomic E-state index is -0.256. The lowest BCUT2D eigenvalue weighted by molar-refractivity contribution is -0.191. The molecule has 2 rings (SSSR count). The lowest BCUT2D eigenvalue weighted by Gasteiger charge is -2.17. The van der Waals surface area contributed by atoms with Gasteiger partial charge in [-0.1, -0.05) is 12.1 Å². The molecule has 0 radical (unpaired) electrons. The number of hydrogen-bond donors (Lipinski definition) is 1. The van der Waals surface area contributed by atoms with Gasteiger partial charge in [0.05, 0.1) is 13.0 Å². The summed E-state index contributed by atoms with van der Waals surface area (Å²) in [5.74, 6) is -0.470. The number of hydrogen-bond acceptors (Lipinski definition) is 5. The van der Waals surface area contributed by atoms with Gasteiger partial charge in [-0.2, -0.15) is 9.59 Å². The molecule has 118 valence electrons. The van der Waals surface area contributed by atoms with E-state index in [2.05, 4.69) is 6.08 Å². The number of methoxy groups -OCH3 is 1. The Bertz CT molecular complexity index is 586. The molecule has 1 aliphatic rings. The van der Waals surface area contributed by atoms with Crippen LogP contribution < -0.4 is 5.73 Å². The van der Waals surface area contributed by atoms with E-state index in [1.807, 2.05) is 25.1 Å². The number of esters is 1. The summed E-state index contributed by atoms with van der Waals surface area (Å²) in [6, 6.07) is 5.83. The SMILES string of the molecule is COC(=O)C(C)c1ccc(N)c(C2=CCCCC2)c1.O=C=O. The maximum atomic E-state index is 11.6. The molecular weight excluding hydrogens is 282 g/mol. The second-order valence-electron chi connectivity index (χ2n) is 5.15. The van der Waals surface area contributed by atoms with E-state index in [9.17, 15) is 4.79 Å². The van der Waals surface area contributed by atoms with Crippen molar-refractivity contribution < 1.29 is 19.1 Å². The van der Waals surface area contributed by atoms with Gasteiger partial charge < -0.3 is 10.5 Å². The van der Waals surface area contributed by atoms with E-state index < -0.39 is 0 Å². The molecule has 22 heavy (non-hydrogen) atoms. The molecule has 5 nitrogen and oxygen atoms in total. The van der Waals surface area contributed by atoms with Crippen molar-refractivity contribution in [2.75, 3.05) is 12.8 Å². The van der Waals surface area contributed by atoms with E-state index in [0.29, 0.717) is 0 Å². The van der Waals surface area contributed by atoms with E-state index in [-0.39, 0.29) is 18.0 Å². The predicted octanol–water partition coefficient (Wildman–Crippen LogP) is 2.92. The van der Waals surface area contributed by atoms with Crippen LogP contribution in [-0.4, -0.2) is 19.2 Å². The van der Waals surface area contributed by atoms with Gasteiger partial charge in [-0.15, -0.1) is 0 Å². The molecule has 5 heteroatoms. The number of nitrogens with two attached hydrogens (primary N) is 1. The number of anilines is 1. The molecule has 1 unspecified atom stereocenters. The van der Waals surface area contributed by atoms with Gasteiger partial charge >= 0.3 is 12.1 Å². The largest absolute Gasteiger partial charge is 0.469 e. The number of carbonyl (C=O) groups excluding carboxylic acids is 3. The Kier molecular flexibility index (Phi) is 7.06. The molecule has 1 aromatic carbocycles. The summed E-state index contributed by atoms with van der Waals surface area (Å²) < 4.78 is 4.80. The smallest absolute Gasteiger partial charge is 0.373 e. The summed E-state index contributed by atoms with van der Waals surface area (Å²) in [7, 11) is 1.42. The molecule has 0 bridgehead atoms. The number of carbonyl (C=O) groups is 1. The zero-order valence-corrected chi connectivity index (χ0v) is 12.9. The first-order chi connectivity index (χ1) is 10.5. The highest BCUT2D eigenvalue weighted by molar-refractivity contribution is 5.80. The Balaban J connectivity index is 0.000000745. The van der Waals surface area contributed by atoms with Gasteiger partial charge in [0, 0.05) is 11.3 Å². The normalized spacial score (nSPS) is 14.7. The van der Waals surface area contributed by atoms with Crippen LogP contribution in [0.25, 0.3) is 5.57 Å². The standard InChI is InChI=1S/C16H21NO2.CO2/c1-11(16(18)19-2)13-8-9-15(17)14(10-13)12-6-4-3-5-7-12;2-1-3/h6,8-11H,3-5,7,17H2,1-2H3;. The van der Waals surface area contributed by atoms with E-state index in [4.69, 9.17) is 20.1 Å². The molecule has 0 fully saturated rings. The second-order valence-corrected chi connectivity index (χ2v) is 5.15. The van der Waals surface area contributed by atoms with Crippen molar-refractivity contribution >= 4 is 23.4 Å². The molecule has 1 aliphatic carbocycles. The molecular formula is C17H21NO4. The van der Waals surface area contributed by atoms with Crippen molar-refractivity contribution in [3.05, 3.63) is 35.4 Å². The third-order valence-electron chi connectivity index (χ3n) is 3.77. The summed E-state index contributed by atoms with van der Waals surface area (Å²) in [5.41, 5.74) is 10.2. The fourth-order valence-corrected chi connectivity index (χ4v) is 2.52. The van der Waals surface area contributed by atoms with E-state index in [0.717, 1.165) is 29.7 Å². The molecule has 0 spiro atoms. The van der Waals surface area contributed by atoms with Gasteiger partial charge in [0.2, 0.25) is 0 Å². The molecule has 0 aromatic heterocycles. The number of nitrogen functional groups attached to an aromatic ring is 1. The van der Waals surface area contributed by atoms with Crippen LogP contribution in [0.1, 0.15) is 49.7 Å². The van der Waals surface area contributed by atoms with Crippen molar-refractivity contribution in [1.82, 2.24) is 0 Å². The van der Waals surface area contributed by atoms with Gasteiger partial charge in [-0.05, 0) is 55.9 Å². The molecule has 0 saturated carbocycles. The Morgan fingerprint density at radius 2 is 2.00 bits per heavy atom. The fraction of sp³-hybridized carbons (Fsp3) is 0.412. The Hall–Kier alpha value is -2.39. The summed E-state index contributed by atoms with van der Waals surface area (Å²) in [6.45, 7) is 1.86. The van der Waals surface area contributed by atoms with Crippen LogP contribution in [-0.2, 0) is 19.1 Å². The third-order valence-corrected chi connectivity index (χ3v) is 3.77. The quantitative estimate of drug-likeness (QED) is 0.685. The van der Waals surface area contributed by atoms with Crippen LogP contribution in [0.5, 0.6) is 0 Å². The van der Waals surface area contributed by atoms with Crippen LogP contribution in [0.3, 0.4) is 0 Å². The molecule has 0 aliphatic heterocycles. The lowest BCUT2D eigenvalue weighted by Crippen LogP contribution is -2.11. The molecule has 0 amide bonds. The minimum absolute atomic E-state index is 0.214. The van der Waals surface area contributed by atoms with Crippen LogP contribution in [0.2, 0.25) is 0 Å². The zero-order valence-electron chi connectivity index (χ0n) is 12.9. The number of allylic oxidation sites excluding steroid dienone is 2. The van der Waals surface area contributed by atoms with Crippen LogP contribution in [0.4, 0.5) is 5.69 Å². The first kappa shape index (κ1) is 17.7. The van der Waals surface area contributed by atoms with Gasteiger partial charge in [-0.3, -0.25) is 4.79 Å². The van der Waals surface area contributed by atoms with Crippen molar-refractivity contribution in [3.8, 4) is 0 Å². The fourth-order valence-electron chi connectivity index (χ4n) is 2.52. The summed E-state index contributed by atoms with van der Waals surface area (Å²) in [4.78, 5) is 27.9. The van der Waals surface area contributed by atoms with Crippen molar-refractivity contribution in [2.24, 2.45) is 0 Å². The van der Waals surface area contributed by atoms with Crippen molar-refractivity contribution in [2.45, 2.75) is 38.5 Å². The summed E-state index contributed by atoms with van der Waals surface area (Å²) in [6.07, 6.45) is 7.16. The molecule has 2 N–H and O–H groups in total. The van der Waals surface area contributed by atoms with Crippen LogP contribution in [0.15, 0.2) is 24.3 Å². The average Bonchev–Trinajstić information content (AvgIpc) is 2.55. The Labute approximate surface area is 130 Å². The van der Waals surface area contributed by atoms with Crippen molar-refractivity contribution in [1.29, 1.82) is 0 Å². The number of benzene rings is 1. The van der Waals surface area contributed by atoms with Gasteiger partial charge in [0.1, 0.15) is 0 Å². The van der Waals surface area contributed by atoms with Gasteiger partial charge in [0.25, 0.3) is 0 Å². The van der Waals surface area contributed by atoms with E-state index in [1.54, 1.807) is 0 Å². The Morgan fingerprint density at radius 1 is 1.32 bits per heavy atom. The Morgan fingerprint density at radius 3 is 2.55 bits per heavy atom. The third kappa shape index (κ3) is 4.57. The molecule has 1 atom stereocenters. The average molecular weight is 303 g/mol. The first-order valence-corrected chi connectivity index (χ1v) is 7.21. The predicted molar refractivity (Wildman–Crippen MR) is 82.7 cm³/mol. The molecule has 0 saturated heterocycles. The highest BCUT2D eigenvalue weighted by Gasteiger charge is 2.18. The van der Waals surface area contributed by atoms with E-state index in [1.165, 1.54) is 25.5 Å². The minimum Gasteiger partial charge on any atom is -0.469 e. The van der Waals surface area contributed by atoms with Crippen LogP contribution >= 0.6 is 0 Å². The van der Waals surface area contributed by atoms with Crippen LogP contribution in [0, 0.1) is 0 Å². The van der Waals surface area contributed by atoms with Gasteiger partial charge in [0.15, 0.2) is 0 Å².